The topological polar surface area (TPSA) is 104 Å². The number of aromatic nitrogens is 1. The van der Waals surface area contributed by atoms with Gasteiger partial charge in [0.05, 0.1) is 31.1 Å². The summed E-state index contributed by atoms with van der Waals surface area (Å²) in [5.74, 6) is -0.142. The van der Waals surface area contributed by atoms with Crippen LogP contribution in [-0.4, -0.2) is 48.9 Å². The smallest absolute Gasteiger partial charge is 0.338 e. The molecule has 168 valence electrons. The van der Waals surface area contributed by atoms with E-state index in [1.165, 1.54) is 19.1 Å². The van der Waals surface area contributed by atoms with E-state index >= 15 is 0 Å². The van der Waals surface area contributed by atoms with Crippen LogP contribution < -0.4 is 14.2 Å². The molecule has 1 heterocycles. The number of esters is 1. The number of nitrogens with one attached hydrogen (secondary N) is 1. The van der Waals surface area contributed by atoms with Crippen LogP contribution >= 0.6 is 0 Å². The molecular weight excluding hydrogens is 402 g/mol. The van der Waals surface area contributed by atoms with Crippen LogP contribution in [0.15, 0.2) is 12.1 Å². The fourth-order valence-electron chi connectivity index (χ4n) is 3.35. The van der Waals surface area contributed by atoms with E-state index in [9.17, 15) is 14.4 Å². The predicted molar refractivity (Wildman–Crippen MR) is 115 cm³/mol. The molecule has 1 aromatic heterocycles. The van der Waals surface area contributed by atoms with Crippen molar-refractivity contribution in [3.63, 3.8) is 0 Å². The minimum Gasteiger partial charge on any atom is -0.490 e. The summed E-state index contributed by atoms with van der Waals surface area (Å²) < 4.78 is 22.1. The molecule has 0 saturated heterocycles. The van der Waals surface area contributed by atoms with Gasteiger partial charge >= 0.3 is 5.97 Å². The molecule has 1 aromatic carbocycles. The first-order valence-electron chi connectivity index (χ1n) is 10.2. The van der Waals surface area contributed by atoms with Crippen LogP contribution in [0.1, 0.15) is 70.2 Å². The summed E-state index contributed by atoms with van der Waals surface area (Å²) in [5, 5.41) is 0. The third-order valence-electron chi connectivity index (χ3n) is 4.55. The summed E-state index contributed by atoms with van der Waals surface area (Å²) in [6.07, 6.45) is 0. The molecule has 8 heteroatoms. The maximum Gasteiger partial charge on any atom is 0.338 e. The molecule has 2 aromatic rings. The maximum atomic E-state index is 12.6. The Morgan fingerprint density at radius 2 is 1.45 bits per heavy atom. The Bertz CT molecular complexity index is 948. The number of carbonyl (C=O) groups excluding carboxylic acids is 3. The number of aryl methyl sites for hydroxylation is 1. The van der Waals surface area contributed by atoms with Crippen molar-refractivity contribution < 1.29 is 33.3 Å². The van der Waals surface area contributed by atoms with Crippen molar-refractivity contribution in [2.45, 2.75) is 41.5 Å². The number of benzene rings is 1. The second kappa shape index (κ2) is 10.7. The number of ketones is 2. The van der Waals surface area contributed by atoms with Crippen molar-refractivity contribution in [1.29, 1.82) is 0 Å². The highest BCUT2D eigenvalue weighted by Crippen LogP contribution is 2.39. The molecule has 31 heavy (non-hydrogen) atoms. The van der Waals surface area contributed by atoms with E-state index in [2.05, 4.69) is 4.98 Å². The van der Waals surface area contributed by atoms with Gasteiger partial charge in [0, 0.05) is 11.3 Å². The molecule has 0 atom stereocenters. The van der Waals surface area contributed by atoms with Crippen LogP contribution in [0.2, 0.25) is 0 Å². The lowest BCUT2D eigenvalue weighted by Gasteiger charge is -2.16. The van der Waals surface area contributed by atoms with Gasteiger partial charge in [0.15, 0.2) is 23.9 Å². The van der Waals surface area contributed by atoms with E-state index in [0.717, 1.165) is 0 Å². The van der Waals surface area contributed by atoms with Crippen molar-refractivity contribution in [3.8, 4) is 17.2 Å². The van der Waals surface area contributed by atoms with Gasteiger partial charge in [0.25, 0.3) is 0 Å². The Morgan fingerprint density at radius 3 is 1.90 bits per heavy atom. The normalized spacial score (nSPS) is 10.5. The highest BCUT2D eigenvalue weighted by atomic mass is 16.5. The maximum absolute atomic E-state index is 12.6. The molecule has 0 unspecified atom stereocenters. The molecule has 0 bridgehead atoms. The first-order valence-corrected chi connectivity index (χ1v) is 10.2. The number of Topliss-reactive ketones (excluding diaryl/α,β-unsaturated/α-hetero) is 2. The van der Waals surface area contributed by atoms with Gasteiger partial charge in [0.2, 0.25) is 11.5 Å². The zero-order chi connectivity index (χ0) is 23.1. The Hall–Kier alpha value is -3.29. The third-order valence-corrected chi connectivity index (χ3v) is 4.55. The van der Waals surface area contributed by atoms with Gasteiger partial charge in [-0.05, 0) is 59.2 Å². The predicted octanol–water partition coefficient (Wildman–Crippen LogP) is 4.07. The lowest BCUT2D eigenvalue weighted by molar-refractivity contribution is 0.0472. The molecule has 8 nitrogen and oxygen atoms in total. The van der Waals surface area contributed by atoms with Gasteiger partial charge in [-0.2, -0.15) is 0 Å². The van der Waals surface area contributed by atoms with Crippen LogP contribution in [0.4, 0.5) is 0 Å². The van der Waals surface area contributed by atoms with Gasteiger partial charge in [-0.25, -0.2) is 4.79 Å². The Balaban J connectivity index is 2.24. The highest BCUT2D eigenvalue weighted by Gasteiger charge is 2.23. The fourth-order valence-corrected chi connectivity index (χ4v) is 3.35. The molecule has 0 saturated carbocycles. The van der Waals surface area contributed by atoms with E-state index < -0.39 is 18.4 Å². The number of hydrogen-bond donors (Lipinski definition) is 1. The molecular formula is C23H29NO7. The zero-order valence-electron chi connectivity index (χ0n) is 18.8. The van der Waals surface area contributed by atoms with E-state index in [1.807, 2.05) is 20.8 Å². The first-order chi connectivity index (χ1) is 14.7. The lowest BCUT2D eigenvalue weighted by atomic mass is 10.1. The second-order valence-electron chi connectivity index (χ2n) is 6.78. The van der Waals surface area contributed by atoms with Crippen molar-refractivity contribution in [1.82, 2.24) is 4.98 Å². The monoisotopic (exact) mass is 431 g/mol. The van der Waals surface area contributed by atoms with Crippen LogP contribution in [0.25, 0.3) is 0 Å². The first kappa shape index (κ1) is 24.0. The van der Waals surface area contributed by atoms with Gasteiger partial charge in [-0.3, -0.25) is 9.59 Å². The van der Waals surface area contributed by atoms with Gasteiger partial charge in [-0.15, -0.1) is 0 Å². The molecule has 2 rings (SSSR count). The molecule has 0 amide bonds. The summed E-state index contributed by atoms with van der Waals surface area (Å²) in [5.41, 5.74) is 2.06. The molecule has 1 N–H and O–H groups in total. The van der Waals surface area contributed by atoms with Crippen molar-refractivity contribution in [2.24, 2.45) is 0 Å². The van der Waals surface area contributed by atoms with Crippen LogP contribution in [0.3, 0.4) is 0 Å². The summed E-state index contributed by atoms with van der Waals surface area (Å²) in [7, 11) is 0. The fraction of sp³-hybridized carbons (Fsp3) is 0.435. The summed E-state index contributed by atoms with van der Waals surface area (Å²) in [4.78, 5) is 39.9. The standard InChI is InChI=1S/C23H29NO7/c1-7-28-18-10-16(11-19(29-8-2)22(18)30-9-3)23(27)31-12-17(26)21-13(4)20(15(6)25)14(5)24-21/h10-11,24H,7-9,12H2,1-6H3. The van der Waals surface area contributed by atoms with Crippen LogP contribution in [-0.2, 0) is 4.74 Å². The lowest BCUT2D eigenvalue weighted by Crippen LogP contribution is -2.16. The summed E-state index contributed by atoms with van der Waals surface area (Å²) in [6.45, 7) is 11.0. The minimum absolute atomic E-state index is 0.136. The number of ether oxygens (including phenoxy) is 4. The molecule has 0 aliphatic carbocycles. The number of carbonyl (C=O) groups is 3. The number of aromatic amines is 1. The molecule has 0 fully saturated rings. The van der Waals surface area contributed by atoms with E-state index in [0.29, 0.717) is 53.9 Å². The average Bonchev–Trinajstić information content (AvgIpc) is 3.02. The van der Waals surface area contributed by atoms with E-state index in [4.69, 9.17) is 18.9 Å². The van der Waals surface area contributed by atoms with E-state index in [1.54, 1.807) is 13.8 Å². The Kier molecular flexibility index (Phi) is 8.24. The van der Waals surface area contributed by atoms with Gasteiger partial charge in [-0.1, -0.05) is 0 Å². The van der Waals surface area contributed by atoms with Gasteiger partial charge in [0.1, 0.15) is 0 Å². The highest BCUT2D eigenvalue weighted by molar-refractivity contribution is 6.04. The summed E-state index contributed by atoms with van der Waals surface area (Å²) in [6, 6.07) is 3.00. The summed E-state index contributed by atoms with van der Waals surface area (Å²) >= 11 is 0. The van der Waals surface area contributed by atoms with Crippen molar-refractivity contribution in [3.05, 3.63) is 40.2 Å². The largest absolute Gasteiger partial charge is 0.490 e. The zero-order valence-corrected chi connectivity index (χ0v) is 18.8. The second-order valence-corrected chi connectivity index (χ2v) is 6.78. The molecule has 0 radical (unpaired) electrons. The van der Waals surface area contributed by atoms with E-state index in [-0.39, 0.29) is 17.0 Å². The van der Waals surface area contributed by atoms with Crippen LogP contribution in [0, 0.1) is 13.8 Å². The Labute approximate surface area is 181 Å². The number of rotatable bonds is 11. The quantitative estimate of drug-likeness (QED) is 0.422. The number of hydrogen-bond acceptors (Lipinski definition) is 7. The Morgan fingerprint density at radius 1 is 0.903 bits per heavy atom. The molecule has 0 aliphatic heterocycles. The van der Waals surface area contributed by atoms with Gasteiger partial charge < -0.3 is 23.9 Å². The SMILES string of the molecule is CCOc1cc(C(=O)OCC(=O)c2[nH]c(C)c(C(C)=O)c2C)cc(OCC)c1OCC. The number of H-pyrrole nitrogens is 1. The minimum atomic E-state index is -0.703. The average molecular weight is 431 g/mol. The molecule has 0 aliphatic rings. The molecule has 0 spiro atoms. The van der Waals surface area contributed by atoms with Crippen molar-refractivity contribution in [2.75, 3.05) is 26.4 Å². The van der Waals surface area contributed by atoms with Crippen molar-refractivity contribution >= 4 is 17.5 Å². The third kappa shape index (κ3) is 5.45. The van der Waals surface area contributed by atoms with Crippen LogP contribution in [0.5, 0.6) is 17.2 Å².